The Bertz CT molecular complexity index is 894. The first-order chi connectivity index (χ1) is 13.0. The number of carbonyl (C=O) groups is 1. The van der Waals surface area contributed by atoms with E-state index in [2.05, 4.69) is 10.6 Å². The first-order valence-corrected chi connectivity index (χ1v) is 9.14. The molecule has 0 saturated heterocycles. The second-order valence-electron chi connectivity index (χ2n) is 6.14. The van der Waals surface area contributed by atoms with Crippen LogP contribution in [0, 0.1) is 6.92 Å². The van der Waals surface area contributed by atoms with Gasteiger partial charge in [-0.3, -0.25) is 0 Å². The molecular weight excluding hydrogens is 360 g/mol. The standard InChI is InChI=1S/C21H22N2O3S/c1-4-26-20(24)17-18(14-8-6-5-7-9-14)22-21(27)23-19(17)15-10-11-16(25-3)13(2)12-15/h5-12,19H,4H2,1-3H3,(H2,22,23,27). The topological polar surface area (TPSA) is 59.6 Å². The first-order valence-electron chi connectivity index (χ1n) is 8.74. The van der Waals surface area contributed by atoms with Crippen molar-refractivity contribution in [3.05, 3.63) is 70.8 Å². The Balaban J connectivity index is 2.16. The molecule has 3 rings (SSSR count). The molecule has 0 saturated carbocycles. The minimum absolute atomic E-state index is 0.295. The lowest BCUT2D eigenvalue weighted by Gasteiger charge is -2.31. The van der Waals surface area contributed by atoms with Crippen LogP contribution in [0.5, 0.6) is 5.75 Å². The van der Waals surface area contributed by atoms with Crippen LogP contribution in [-0.4, -0.2) is 24.8 Å². The van der Waals surface area contributed by atoms with E-state index in [1.807, 2.05) is 55.5 Å². The fourth-order valence-electron chi connectivity index (χ4n) is 3.16. The van der Waals surface area contributed by atoms with E-state index in [4.69, 9.17) is 21.7 Å². The Morgan fingerprint density at radius 1 is 1.19 bits per heavy atom. The molecule has 5 nitrogen and oxygen atoms in total. The van der Waals surface area contributed by atoms with Crippen molar-refractivity contribution in [3.8, 4) is 5.75 Å². The molecule has 6 heteroatoms. The number of nitrogens with one attached hydrogen (secondary N) is 2. The van der Waals surface area contributed by atoms with Gasteiger partial charge in [-0.1, -0.05) is 36.4 Å². The summed E-state index contributed by atoms with van der Waals surface area (Å²) < 4.78 is 10.7. The molecule has 0 spiro atoms. The van der Waals surface area contributed by atoms with Crippen LogP contribution >= 0.6 is 12.2 Å². The molecule has 1 heterocycles. The van der Waals surface area contributed by atoms with E-state index in [1.54, 1.807) is 14.0 Å². The SMILES string of the molecule is CCOC(=O)C1=C(c2ccccc2)NC(=S)NC1c1ccc(OC)c(C)c1. The van der Waals surface area contributed by atoms with Gasteiger partial charge >= 0.3 is 5.97 Å². The van der Waals surface area contributed by atoms with Crippen molar-refractivity contribution in [1.29, 1.82) is 0 Å². The van der Waals surface area contributed by atoms with E-state index in [1.165, 1.54) is 0 Å². The number of benzene rings is 2. The minimum atomic E-state index is -0.419. The van der Waals surface area contributed by atoms with E-state index >= 15 is 0 Å². The fraction of sp³-hybridized carbons (Fsp3) is 0.238. The molecule has 0 bridgehead atoms. The molecule has 1 aliphatic heterocycles. The predicted octanol–water partition coefficient (Wildman–Crippen LogP) is 3.50. The number of ether oxygens (including phenoxy) is 2. The third-order valence-corrected chi connectivity index (χ3v) is 4.60. The summed E-state index contributed by atoms with van der Waals surface area (Å²) in [4.78, 5) is 12.9. The summed E-state index contributed by atoms with van der Waals surface area (Å²) >= 11 is 5.41. The van der Waals surface area contributed by atoms with Gasteiger partial charge < -0.3 is 20.1 Å². The maximum Gasteiger partial charge on any atom is 0.338 e. The Labute approximate surface area is 164 Å². The van der Waals surface area contributed by atoms with E-state index < -0.39 is 6.04 Å². The van der Waals surface area contributed by atoms with Gasteiger partial charge in [0.2, 0.25) is 0 Å². The maximum atomic E-state index is 12.9. The average Bonchev–Trinajstić information content (AvgIpc) is 2.68. The van der Waals surface area contributed by atoms with Crippen LogP contribution in [0.25, 0.3) is 5.70 Å². The van der Waals surface area contributed by atoms with E-state index in [-0.39, 0.29) is 5.97 Å². The van der Waals surface area contributed by atoms with Crippen LogP contribution in [0.15, 0.2) is 54.1 Å². The third-order valence-electron chi connectivity index (χ3n) is 4.38. The van der Waals surface area contributed by atoms with Crippen LogP contribution < -0.4 is 15.4 Å². The van der Waals surface area contributed by atoms with Gasteiger partial charge in [-0.2, -0.15) is 0 Å². The number of esters is 1. The lowest BCUT2D eigenvalue weighted by molar-refractivity contribution is -0.138. The molecule has 2 aromatic rings. The van der Waals surface area contributed by atoms with Crippen molar-refractivity contribution in [2.24, 2.45) is 0 Å². The number of aryl methyl sites for hydroxylation is 1. The molecule has 1 atom stereocenters. The molecule has 1 aliphatic rings. The van der Waals surface area contributed by atoms with Crippen molar-refractivity contribution >= 4 is 29.0 Å². The summed E-state index contributed by atoms with van der Waals surface area (Å²) in [6.07, 6.45) is 0. The van der Waals surface area contributed by atoms with Crippen LogP contribution in [0.3, 0.4) is 0 Å². The number of rotatable bonds is 5. The quantitative estimate of drug-likeness (QED) is 0.610. The molecule has 0 aromatic heterocycles. The molecule has 27 heavy (non-hydrogen) atoms. The minimum Gasteiger partial charge on any atom is -0.496 e. The molecule has 0 amide bonds. The highest BCUT2D eigenvalue weighted by molar-refractivity contribution is 7.80. The van der Waals surface area contributed by atoms with Crippen molar-refractivity contribution < 1.29 is 14.3 Å². The van der Waals surface area contributed by atoms with Crippen molar-refractivity contribution in [1.82, 2.24) is 10.6 Å². The average molecular weight is 382 g/mol. The Kier molecular flexibility index (Phi) is 5.76. The van der Waals surface area contributed by atoms with Gasteiger partial charge in [0.25, 0.3) is 0 Å². The highest BCUT2D eigenvalue weighted by Gasteiger charge is 2.33. The molecule has 0 radical (unpaired) electrons. The summed E-state index contributed by atoms with van der Waals surface area (Å²) in [6, 6.07) is 15.0. The zero-order chi connectivity index (χ0) is 19.4. The normalized spacial score (nSPS) is 16.4. The Morgan fingerprint density at radius 2 is 1.93 bits per heavy atom. The van der Waals surface area contributed by atoms with Crippen LogP contribution in [0.2, 0.25) is 0 Å². The number of carbonyl (C=O) groups excluding carboxylic acids is 1. The Morgan fingerprint density at radius 3 is 2.56 bits per heavy atom. The second kappa shape index (κ2) is 8.22. The van der Waals surface area contributed by atoms with Crippen molar-refractivity contribution in [2.75, 3.05) is 13.7 Å². The largest absolute Gasteiger partial charge is 0.496 e. The Hall–Kier alpha value is -2.86. The molecule has 0 aliphatic carbocycles. The molecule has 140 valence electrons. The van der Waals surface area contributed by atoms with E-state index in [9.17, 15) is 4.79 Å². The molecule has 2 aromatic carbocycles. The van der Waals surface area contributed by atoms with Gasteiger partial charge in [0, 0.05) is 0 Å². The third kappa shape index (κ3) is 3.95. The van der Waals surface area contributed by atoms with E-state index in [0.717, 1.165) is 22.4 Å². The zero-order valence-electron chi connectivity index (χ0n) is 15.5. The number of hydrogen-bond acceptors (Lipinski definition) is 4. The molecule has 1 unspecified atom stereocenters. The number of thiocarbonyl (C=S) groups is 1. The summed E-state index contributed by atoms with van der Waals surface area (Å²) in [7, 11) is 1.64. The highest BCUT2D eigenvalue weighted by Crippen LogP contribution is 2.33. The molecule has 2 N–H and O–H groups in total. The molecular formula is C21H22N2O3S. The lowest BCUT2D eigenvalue weighted by Crippen LogP contribution is -2.45. The van der Waals surface area contributed by atoms with Crippen molar-refractivity contribution in [2.45, 2.75) is 19.9 Å². The summed E-state index contributed by atoms with van der Waals surface area (Å²) in [5.74, 6) is 0.414. The summed E-state index contributed by atoms with van der Waals surface area (Å²) in [5, 5.41) is 6.80. The van der Waals surface area contributed by atoms with Gasteiger partial charge in [0.05, 0.1) is 31.0 Å². The van der Waals surface area contributed by atoms with Crippen LogP contribution in [0.4, 0.5) is 0 Å². The van der Waals surface area contributed by atoms with Crippen molar-refractivity contribution in [3.63, 3.8) is 0 Å². The van der Waals surface area contributed by atoms with Gasteiger partial charge in [0.15, 0.2) is 5.11 Å². The highest BCUT2D eigenvalue weighted by atomic mass is 32.1. The van der Waals surface area contributed by atoms with Crippen LogP contribution in [0.1, 0.15) is 29.7 Å². The summed E-state index contributed by atoms with van der Waals surface area (Å²) in [6.45, 7) is 4.05. The monoisotopic (exact) mass is 382 g/mol. The zero-order valence-corrected chi connectivity index (χ0v) is 16.4. The fourth-order valence-corrected chi connectivity index (χ4v) is 3.38. The maximum absolute atomic E-state index is 12.9. The van der Waals surface area contributed by atoms with Crippen LogP contribution in [-0.2, 0) is 9.53 Å². The smallest absolute Gasteiger partial charge is 0.338 e. The van der Waals surface area contributed by atoms with Gasteiger partial charge in [-0.15, -0.1) is 0 Å². The van der Waals surface area contributed by atoms with Gasteiger partial charge in [-0.25, -0.2) is 4.79 Å². The predicted molar refractivity (Wildman–Crippen MR) is 109 cm³/mol. The first kappa shape index (κ1) is 18.9. The summed E-state index contributed by atoms with van der Waals surface area (Å²) in [5.41, 5.74) is 3.93. The van der Waals surface area contributed by atoms with Gasteiger partial charge in [-0.05, 0) is 54.9 Å². The molecule has 0 fully saturated rings. The van der Waals surface area contributed by atoms with Gasteiger partial charge in [0.1, 0.15) is 5.75 Å². The second-order valence-corrected chi connectivity index (χ2v) is 6.54. The lowest BCUT2D eigenvalue weighted by atomic mass is 9.92. The number of methoxy groups -OCH3 is 1. The van der Waals surface area contributed by atoms with E-state index in [0.29, 0.717) is 23.0 Å². The number of hydrogen-bond donors (Lipinski definition) is 2.